The van der Waals surface area contributed by atoms with Crippen LogP contribution in [0.2, 0.25) is 0 Å². The summed E-state index contributed by atoms with van der Waals surface area (Å²) in [6, 6.07) is 9.46. The van der Waals surface area contributed by atoms with Crippen LogP contribution in [-0.4, -0.2) is 26.2 Å². The van der Waals surface area contributed by atoms with Crippen molar-refractivity contribution >= 4 is 43.5 Å². The zero-order valence-corrected chi connectivity index (χ0v) is 12.3. The number of carboxylic acid groups (broad SMARTS) is 1. The summed E-state index contributed by atoms with van der Waals surface area (Å²) in [5.41, 5.74) is 0.973. The third-order valence-corrected chi connectivity index (χ3v) is 4.36. The summed E-state index contributed by atoms with van der Waals surface area (Å²) in [5.74, 6) is -1.63. The van der Waals surface area contributed by atoms with Gasteiger partial charge in [-0.1, -0.05) is 30.3 Å². The molecule has 0 aliphatic carbocycles. The van der Waals surface area contributed by atoms with Crippen molar-refractivity contribution in [1.82, 2.24) is 9.97 Å². The number of hydrogen-bond acceptors (Lipinski definition) is 5. The molecule has 0 atom stereocenters. The molecular weight excluding hydrogens is 344 g/mol. The average molecular weight is 351 g/mol. The highest BCUT2D eigenvalue weighted by Gasteiger charge is 2.21. The summed E-state index contributed by atoms with van der Waals surface area (Å²) in [6.45, 7) is 0. The molecule has 2 N–H and O–H groups in total. The molecule has 0 spiro atoms. The van der Waals surface area contributed by atoms with Crippen LogP contribution in [0.3, 0.4) is 0 Å². The highest BCUT2D eigenvalue weighted by molar-refractivity contribution is 9.10. The van der Waals surface area contributed by atoms with Crippen LogP contribution in [-0.2, 0) is 0 Å². The fourth-order valence-electron chi connectivity index (χ4n) is 1.79. The summed E-state index contributed by atoms with van der Waals surface area (Å²) in [6.07, 6.45) is 0. The topological polar surface area (TPSA) is 83.3 Å². The SMILES string of the molecule is O=C(O)c1nc(Br)c2nc(-c3ccccc3)sc2c1O. The lowest BCUT2D eigenvalue weighted by atomic mass is 10.2. The maximum absolute atomic E-state index is 11.0. The minimum atomic E-state index is -1.28. The lowest BCUT2D eigenvalue weighted by molar-refractivity contribution is 0.0687. The molecular formula is C13H7BrN2O3S. The van der Waals surface area contributed by atoms with E-state index in [9.17, 15) is 9.90 Å². The maximum Gasteiger partial charge on any atom is 0.358 e. The molecule has 0 amide bonds. The van der Waals surface area contributed by atoms with Gasteiger partial charge in [-0.05, 0) is 15.9 Å². The molecule has 2 aromatic heterocycles. The van der Waals surface area contributed by atoms with Crippen LogP contribution in [0.15, 0.2) is 34.9 Å². The van der Waals surface area contributed by atoms with E-state index in [1.807, 2.05) is 30.3 Å². The first-order valence-electron chi connectivity index (χ1n) is 5.55. The van der Waals surface area contributed by atoms with Crippen LogP contribution < -0.4 is 0 Å². The number of pyridine rings is 1. The normalized spacial score (nSPS) is 10.8. The number of aromatic nitrogens is 2. The van der Waals surface area contributed by atoms with Crippen molar-refractivity contribution in [3.05, 3.63) is 40.6 Å². The van der Waals surface area contributed by atoms with Crippen LogP contribution >= 0.6 is 27.3 Å². The number of nitrogens with zero attached hydrogens (tertiary/aromatic N) is 2. The molecule has 0 fully saturated rings. The van der Waals surface area contributed by atoms with Gasteiger partial charge < -0.3 is 10.2 Å². The van der Waals surface area contributed by atoms with Gasteiger partial charge in [-0.15, -0.1) is 11.3 Å². The Bertz CT molecular complexity index is 817. The second kappa shape index (κ2) is 4.84. The predicted octanol–water partition coefficient (Wildman–Crippen LogP) is 3.52. The largest absolute Gasteiger partial charge is 0.504 e. The van der Waals surface area contributed by atoms with Crippen molar-refractivity contribution in [1.29, 1.82) is 0 Å². The van der Waals surface area contributed by atoms with E-state index in [1.54, 1.807) is 0 Å². The number of carbonyl (C=O) groups is 1. The Labute approximate surface area is 125 Å². The predicted molar refractivity (Wildman–Crippen MR) is 79.2 cm³/mol. The molecule has 0 saturated carbocycles. The van der Waals surface area contributed by atoms with E-state index in [-0.39, 0.29) is 11.4 Å². The number of rotatable bonds is 2. The molecule has 2 heterocycles. The third-order valence-electron chi connectivity index (χ3n) is 2.70. The number of aromatic carboxylic acids is 1. The van der Waals surface area contributed by atoms with E-state index in [0.29, 0.717) is 19.8 Å². The van der Waals surface area contributed by atoms with Gasteiger partial charge in [-0.25, -0.2) is 14.8 Å². The Kier molecular flexibility index (Phi) is 3.15. The van der Waals surface area contributed by atoms with Gasteiger partial charge in [0.15, 0.2) is 11.4 Å². The summed E-state index contributed by atoms with van der Waals surface area (Å²) in [4.78, 5) is 19.3. The van der Waals surface area contributed by atoms with Gasteiger partial charge in [0.1, 0.15) is 19.8 Å². The van der Waals surface area contributed by atoms with Crippen molar-refractivity contribution in [3.63, 3.8) is 0 Å². The molecule has 5 nitrogen and oxygen atoms in total. The molecule has 0 bridgehead atoms. The van der Waals surface area contributed by atoms with Crippen molar-refractivity contribution < 1.29 is 15.0 Å². The van der Waals surface area contributed by atoms with Crippen LogP contribution in [0.1, 0.15) is 10.5 Å². The van der Waals surface area contributed by atoms with E-state index in [0.717, 1.165) is 5.56 Å². The van der Waals surface area contributed by atoms with Crippen LogP contribution in [0.5, 0.6) is 5.75 Å². The van der Waals surface area contributed by atoms with E-state index in [2.05, 4.69) is 25.9 Å². The first-order chi connectivity index (χ1) is 9.58. The molecule has 0 aliphatic heterocycles. The van der Waals surface area contributed by atoms with Gasteiger partial charge in [0, 0.05) is 5.56 Å². The Morgan fingerprint density at radius 3 is 2.55 bits per heavy atom. The highest BCUT2D eigenvalue weighted by atomic mass is 79.9. The summed E-state index contributed by atoms with van der Waals surface area (Å²) in [7, 11) is 0. The van der Waals surface area contributed by atoms with Gasteiger partial charge >= 0.3 is 5.97 Å². The molecule has 0 radical (unpaired) electrons. The first kappa shape index (κ1) is 13.0. The van der Waals surface area contributed by atoms with Crippen molar-refractivity contribution in [2.45, 2.75) is 0 Å². The number of carboxylic acids is 1. The van der Waals surface area contributed by atoms with Gasteiger partial charge in [0.2, 0.25) is 0 Å². The van der Waals surface area contributed by atoms with E-state index in [1.165, 1.54) is 11.3 Å². The van der Waals surface area contributed by atoms with Crippen molar-refractivity contribution in [3.8, 4) is 16.3 Å². The summed E-state index contributed by atoms with van der Waals surface area (Å²) < 4.78 is 0.712. The Hall–Kier alpha value is -1.99. The minimum absolute atomic E-state index is 0.307. The zero-order valence-electron chi connectivity index (χ0n) is 9.87. The molecule has 1 aromatic carbocycles. The first-order valence-corrected chi connectivity index (χ1v) is 7.16. The van der Waals surface area contributed by atoms with Gasteiger partial charge in [-0.3, -0.25) is 0 Å². The van der Waals surface area contributed by atoms with Crippen LogP contribution in [0, 0.1) is 0 Å². The van der Waals surface area contributed by atoms with Crippen LogP contribution in [0.4, 0.5) is 0 Å². The Balaban J connectivity index is 2.29. The average Bonchev–Trinajstić information content (AvgIpc) is 2.89. The number of halogens is 1. The molecule has 0 unspecified atom stereocenters. The fraction of sp³-hybridized carbons (Fsp3) is 0. The molecule has 20 heavy (non-hydrogen) atoms. The Morgan fingerprint density at radius 2 is 1.90 bits per heavy atom. The van der Waals surface area contributed by atoms with E-state index in [4.69, 9.17) is 5.11 Å². The number of aromatic hydroxyl groups is 1. The maximum atomic E-state index is 11.0. The second-order valence-electron chi connectivity index (χ2n) is 3.97. The minimum Gasteiger partial charge on any atom is -0.504 e. The monoisotopic (exact) mass is 350 g/mol. The number of benzene rings is 1. The quantitative estimate of drug-likeness (QED) is 0.690. The van der Waals surface area contributed by atoms with E-state index >= 15 is 0 Å². The van der Waals surface area contributed by atoms with Crippen molar-refractivity contribution in [2.24, 2.45) is 0 Å². The van der Waals surface area contributed by atoms with Crippen LogP contribution in [0.25, 0.3) is 20.8 Å². The van der Waals surface area contributed by atoms with Gasteiger partial charge in [-0.2, -0.15) is 0 Å². The number of fused-ring (bicyclic) bond motifs is 1. The zero-order chi connectivity index (χ0) is 14.3. The lowest BCUT2D eigenvalue weighted by Crippen LogP contribution is -2.01. The van der Waals surface area contributed by atoms with Gasteiger partial charge in [0.05, 0.1) is 0 Å². The van der Waals surface area contributed by atoms with E-state index < -0.39 is 5.97 Å². The highest BCUT2D eigenvalue weighted by Crippen LogP contribution is 2.39. The molecule has 7 heteroatoms. The summed E-state index contributed by atoms with van der Waals surface area (Å²) in [5, 5.41) is 19.7. The smallest absolute Gasteiger partial charge is 0.358 e. The van der Waals surface area contributed by atoms with Crippen molar-refractivity contribution in [2.75, 3.05) is 0 Å². The number of hydrogen-bond donors (Lipinski definition) is 2. The molecule has 0 saturated heterocycles. The molecule has 100 valence electrons. The fourth-order valence-corrected chi connectivity index (χ4v) is 3.40. The Morgan fingerprint density at radius 1 is 1.20 bits per heavy atom. The molecule has 3 aromatic rings. The standard InChI is InChI=1S/C13H7BrN2O3S/c14-11-8-10(9(17)7(15-11)13(18)19)20-12(16-8)6-4-2-1-3-5-6/h1-5,17H,(H,18,19). The second-order valence-corrected chi connectivity index (χ2v) is 5.72. The number of thiazole rings is 1. The lowest BCUT2D eigenvalue weighted by Gasteiger charge is -2.00. The van der Waals surface area contributed by atoms with Gasteiger partial charge in [0.25, 0.3) is 0 Å². The summed E-state index contributed by atoms with van der Waals surface area (Å²) >= 11 is 4.42. The third kappa shape index (κ3) is 2.04. The molecule has 3 rings (SSSR count). The molecule has 0 aliphatic rings.